The highest BCUT2D eigenvalue weighted by Gasteiger charge is 2.08. The van der Waals surface area contributed by atoms with Crippen LogP contribution >= 0.6 is 0 Å². The molecule has 4 rings (SSSR count). The van der Waals surface area contributed by atoms with Gasteiger partial charge in [-0.15, -0.1) is 10.2 Å². The molecule has 4 aromatic rings. The molecule has 3 aromatic carbocycles. The van der Waals surface area contributed by atoms with E-state index in [4.69, 9.17) is 4.74 Å². The van der Waals surface area contributed by atoms with Gasteiger partial charge in [-0.2, -0.15) is 0 Å². The first-order valence-electron chi connectivity index (χ1n) is 9.98. The minimum Gasteiger partial charge on any atom is -0.497 e. The number of anilines is 2. The second-order valence-corrected chi connectivity index (χ2v) is 7.05. The largest absolute Gasteiger partial charge is 0.497 e. The quantitative estimate of drug-likeness (QED) is 0.435. The van der Waals surface area contributed by atoms with E-state index in [2.05, 4.69) is 20.8 Å². The van der Waals surface area contributed by atoms with Gasteiger partial charge in [-0.05, 0) is 72.3 Å². The number of carbonyl (C=O) groups is 1. The molecule has 32 heavy (non-hydrogen) atoms. The van der Waals surface area contributed by atoms with Crippen molar-refractivity contribution >= 4 is 17.4 Å². The third-order valence-electron chi connectivity index (χ3n) is 4.79. The van der Waals surface area contributed by atoms with Gasteiger partial charge in [0.25, 0.3) is 5.91 Å². The molecule has 1 aromatic heterocycles. The lowest BCUT2D eigenvalue weighted by molar-refractivity contribution is 0.0951. The zero-order chi connectivity index (χ0) is 22.3. The second kappa shape index (κ2) is 9.70. The third-order valence-corrected chi connectivity index (χ3v) is 4.79. The number of benzene rings is 3. The number of hydrogen-bond donors (Lipinski definition) is 2. The van der Waals surface area contributed by atoms with Crippen LogP contribution in [0.2, 0.25) is 0 Å². The van der Waals surface area contributed by atoms with Gasteiger partial charge < -0.3 is 15.4 Å². The maximum absolute atomic E-state index is 13.1. The van der Waals surface area contributed by atoms with Gasteiger partial charge in [0.05, 0.1) is 12.8 Å². The molecule has 0 radical (unpaired) electrons. The standard InChI is InChI=1S/C25H21FN4O2/c1-32-22-7-2-4-17(14-22)16-27-25(31)19-5-3-6-21(15-19)28-24-13-12-23(29-30-24)18-8-10-20(26)11-9-18/h2-15H,16H2,1H3,(H,27,31)(H,28,30). The van der Waals surface area contributed by atoms with Gasteiger partial charge in [-0.3, -0.25) is 4.79 Å². The second-order valence-electron chi connectivity index (χ2n) is 7.05. The molecule has 0 bridgehead atoms. The van der Waals surface area contributed by atoms with Gasteiger partial charge in [0.1, 0.15) is 11.6 Å². The van der Waals surface area contributed by atoms with Crippen molar-refractivity contribution in [3.05, 3.63) is 102 Å². The van der Waals surface area contributed by atoms with Gasteiger partial charge in [-0.25, -0.2) is 4.39 Å². The molecule has 6 nitrogen and oxygen atoms in total. The summed E-state index contributed by atoms with van der Waals surface area (Å²) in [6, 6.07) is 24.3. The monoisotopic (exact) mass is 428 g/mol. The molecule has 160 valence electrons. The number of aromatic nitrogens is 2. The van der Waals surface area contributed by atoms with Gasteiger partial charge >= 0.3 is 0 Å². The van der Waals surface area contributed by atoms with E-state index in [0.717, 1.165) is 16.9 Å². The van der Waals surface area contributed by atoms with E-state index in [0.29, 0.717) is 29.3 Å². The molecule has 0 unspecified atom stereocenters. The smallest absolute Gasteiger partial charge is 0.251 e. The van der Waals surface area contributed by atoms with Crippen molar-refractivity contribution in [3.8, 4) is 17.0 Å². The fraction of sp³-hybridized carbons (Fsp3) is 0.0800. The normalized spacial score (nSPS) is 10.4. The number of nitrogens with one attached hydrogen (secondary N) is 2. The Balaban J connectivity index is 1.40. The van der Waals surface area contributed by atoms with E-state index in [1.807, 2.05) is 30.3 Å². The highest BCUT2D eigenvalue weighted by molar-refractivity contribution is 5.95. The lowest BCUT2D eigenvalue weighted by Crippen LogP contribution is -2.22. The first-order chi connectivity index (χ1) is 15.6. The molecule has 1 amide bonds. The molecule has 2 N–H and O–H groups in total. The van der Waals surface area contributed by atoms with Crippen molar-refractivity contribution in [2.24, 2.45) is 0 Å². The van der Waals surface area contributed by atoms with Gasteiger partial charge in [-0.1, -0.05) is 18.2 Å². The average Bonchev–Trinajstić information content (AvgIpc) is 2.84. The Morgan fingerprint density at radius 2 is 1.75 bits per heavy atom. The van der Waals surface area contributed by atoms with Crippen molar-refractivity contribution in [1.82, 2.24) is 15.5 Å². The van der Waals surface area contributed by atoms with Crippen molar-refractivity contribution in [2.45, 2.75) is 6.54 Å². The first kappa shape index (κ1) is 21.0. The van der Waals surface area contributed by atoms with E-state index in [-0.39, 0.29) is 11.7 Å². The molecule has 0 spiro atoms. The number of hydrogen-bond acceptors (Lipinski definition) is 5. The molecule has 0 saturated heterocycles. The van der Waals surface area contributed by atoms with Gasteiger partial charge in [0.2, 0.25) is 0 Å². The van der Waals surface area contributed by atoms with Gasteiger partial charge in [0, 0.05) is 23.4 Å². The summed E-state index contributed by atoms with van der Waals surface area (Å²) >= 11 is 0. The Morgan fingerprint density at radius 1 is 0.938 bits per heavy atom. The van der Waals surface area contributed by atoms with E-state index in [9.17, 15) is 9.18 Å². The van der Waals surface area contributed by atoms with Crippen molar-refractivity contribution in [2.75, 3.05) is 12.4 Å². The summed E-state index contributed by atoms with van der Waals surface area (Å²) in [5, 5.41) is 14.4. The van der Waals surface area contributed by atoms with Crippen LogP contribution in [0.15, 0.2) is 84.9 Å². The summed E-state index contributed by atoms with van der Waals surface area (Å²) in [6.07, 6.45) is 0. The summed E-state index contributed by atoms with van der Waals surface area (Å²) in [6.45, 7) is 0.393. The maximum atomic E-state index is 13.1. The average molecular weight is 428 g/mol. The number of carbonyl (C=O) groups excluding carboxylic acids is 1. The van der Waals surface area contributed by atoms with Crippen molar-refractivity contribution in [1.29, 1.82) is 0 Å². The SMILES string of the molecule is COc1cccc(CNC(=O)c2cccc(Nc3ccc(-c4ccc(F)cc4)nn3)c2)c1. The van der Waals surface area contributed by atoms with E-state index < -0.39 is 0 Å². The number of methoxy groups -OCH3 is 1. The predicted molar refractivity (Wildman–Crippen MR) is 121 cm³/mol. The molecular weight excluding hydrogens is 407 g/mol. The summed E-state index contributed by atoms with van der Waals surface area (Å²) in [5.74, 6) is 0.793. The van der Waals surface area contributed by atoms with Crippen LogP contribution in [0.5, 0.6) is 5.75 Å². The summed E-state index contributed by atoms with van der Waals surface area (Å²) in [5.41, 5.74) is 3.60. The maximum Gasteiger partial charge on any atom is 0.251 e. The van der Waals surface area contributed by atoms with E-state index in [1.165, 1.54) is 12.1 Å². The molecule has 0 aliphatic carbocycles. The van der Waals surface area contributed by atoms with Crippen molar-refractivity contribution in [3.63, 3.8) is 0 Å². The first-order valence-corrected chi connectivity index (χ1v) is 9.98. The zero-order valence-electron chi connectivity index (χ0n) is 17.4. The summed E-state index contributed by atoms with van der Waals surface area (Å²) in [4.78, 5) is 12.6. The molecule has 0 atom stereocenters. The highest BCUT2D eigenvalue weighted by atomic mass is 19.1. The van der Waals surface area contributed by atoms with E-state index >= 15 is 0 Å². The van der Waals surface area contributed by atoms with Crippen LogP contribution < -0.4 is 15.4 Å². The topological polar surface area (TPSA) is 76.1 Å². The van der Waals surface area contributed by atoms with Crippen LogP contribution in [0.3, 0.4) is 0 Å². The Labute approximate surface area is 185 Å². The number of nitrogens with zero attached hydrogens (tertiary/aromatic N) is 2. The van der Waals surface area contributed by atoms with Crippen LogP contribution in [0, 0.1) is 5.82 Å². The minimum atomic E-state index is -0.299. The zero-order valence-corrected chi connectivity index (χ0v) is 17.4. The lowest BCUT2D eigenvalue weighted by atomic mass is 10.1. The Kier molecular flexibility index (Phi) is 6.36. The number of ether oxygens (including phenoxy) is 1. The van der Waals surface area contributed by atoms with Crippen LogP contribution in [-0.2, 0) is 6.54 Å². The summed E-state index contributed by atoms with van der Waals surface area (Å²) < 4.78 is 18.3. The fourth-order valence-corrected chi connectivity index (χ4v) is 3.13. The molecule has 7 heteroatoms. The van der Waals surface area contributed by atoms with Crippen LogP contribution in [0.1, 0.15) is 15.9 Å². The summed E-state index contributed by atoms with van der Waals surface area (Å²) in [7, 11) is 1.61. The third kappa shape index (κ3) is 5.26. The minimum absolute atomic E-state index is 0.186. The Hall–Kier alpha value is -4.26. The van der Waals surface area contributed by atoms with E-state index in [1.54, 1.807) is 49.6 Å². The van der Waals surface area contributed by atoms with Crippen molar-refractivity contribution < 1.29 is 13.9 Å². The number of rotatable bonds is 7. The lowest BCUT2D eigenvalue weighted by Gasteiger charge is -2.09. The number of amides is 1. The highest BCUT2D eigenvalue weighted by Crippen LogP contribution is 2.20. The molecular formula is C25H21FN4O2. The molecule has 1 heterocycles. The molecule has 0 aliphatic rings. The molecule has 0 aliphatic heterocycles. The molecule has 0 fully saturated rings. The number of halogens is 1. The Bertz CT molecular complexity index is 1210. The van der Waals surface area contributed by atoms with Gasteiger partial charge in [0.15, 0.2) is 5.82 Å². The Morgan fingerprint density at radius 3 is 2.50 bits per heavy atom. The van der Waals surface area contributed by atoms with Crippen LogP contribution in [0.4, 0.5) is 15.9 Å². The fourth-order valence-electron chi connectivity index (χ4n) is 3.13. The predicted octanol–water partition coefficient (Wildman–Crippen LogP) is 4.96. The molecule has 0 saturated carbocycles. The van der Waals surface area contributed by atoms with Crippen LogP contribution in [-0.4, -0.2) is 23.2 Å². The van der Waals surface area contributed by atoms with Crippen LogP contribution in [0.25, 0.3) is 11.3 Å².